The Hall–Kier alpha value is -2.47. The first kappa shape index (κ1) is 17.9. The highest BCUT2D eigenvalue weighted by Crippen LogP contribution is 2.22. The number of ether oxygens (including phenoxy) is 1. The van der Waals surface area contributed by atoms with Crippen molar-refractivity contribution in [3.8, 4) is 0 Å². The molecule has 0 aliphatic carbocycles. The lowest BCUT2D eigenvalue weighted by Crippen LogP contribution is -2.27. The van der Waals surface area contributed by atoms with Crippen molar-refractivity contribution < 1.29 is 9.53 Å². The summed E-state index contributed by atoms with van der Waals surface area (Å²) in [4.78, 5) is 22.9. The molecule has 24 heavy (non-hydrogen) atoms. The van der Waals surface area contributed by atoms with Crippen molar-refractivity contribution in [1.29, 1.82) is 0 Å². The number of nitrogens with one attached hydrogen (secondary N) is 1. The van der Waals surface area contributed by atoms with Gasteiger partial charge in [-0.15, -0.1) is 0 Å². The Morgan fingerprint density at radius 1 is 1.33 bits per heavy atom. The predicted octanol–water partition coefficient (Wildman–Crippen LogP) is 2.71. The minimum Gasteiger partial charge on any atom is -0.385 e. The quantitative estimate of drug-likeness (QED) is 0.755. The predicted molar refractivity (Wildman–Crippen MR) is 94.7 cm³/mol. The van der Waals surface area contributed by atoms with Gasteiger partial charge in [0.1, 0.15) is 5.69 Å². The second-order valence-electron chi connectivity index (χ2n) is 5.43. The van der Waals surface area contributed by atoms with Crippen molar-refractivity contribution in [3.63, 3.8) is 0 Å². The zero-order valence-corrected chi connectivity index (χ0v) is 14.5. The first-order chi connectivity index (χ1) is 11.7. The van der Waals surface area contributed by atoms with Gasteiger partial charge < -0.3 is 15.0 Å². The fourth-order valence-electron chi connectivity index (χ4n) is 2.35. The summed E-state index contributed by atoms with van der Waals surface area (Å²) < 4.78 is 4.97. The second-order valence-corrected chi connectivity index (χ2v) is 5.43. The van der Waals surface area contributed by atoms with Gasteiger partial charge in [0.15, 0.2) is 0 Å². The molecule has 128 valence electrons. The Kier molecular flexibility index (Phi) is 6.69. The summed E-state index contributed by atoms with van der Waals surface area (Å²) in [7, 11) is 1.64. The molecule has 0 aliphatic heterocycles. The maximum Gasteiger partial charge on any atom is 0.270 e. The SMILES string of the molecule is CCN(c1cccc(C)c1)c1nccc(C(=O)NCCCOC)n1. The van der Waals surface area contributed by atoms with Gasteiger partial charge in [0.2, 0.25) is 5.95 Å². The number of anilines is 2. The molecular weight excluding hydrogens is 304 g/mol. The normalized spacial score (nSPS) is 10.5. The number of nitrogens with zero attached hydrogens (tertiary/aromatic N) is 3. The Balaban J connectivity index is 2.14. The van der Waals surface area contributed by atoms with Crippen LogP contribution in [0.15, 0.2) is 36.5 Å². The van der Waals surface area contributed by atoms with Crippen LogP contribution < -0.4 is 10.2 Å². The first-order valence-corrected chi connectivity index (χ1v) is 8.10. The van der Waals surface area contributed by atoms with Crippen LogP contribution in [0.25, 0.3) is 0 Å². The van der Waals surface area contributed by atoms with E-state index in [0.717, 1.165) is 17.7 Å². The molecule has 0 bridgehead atoms. The van der Waals surface area contributed by atoms with E-state index in [0.29, 0.717) is 31.3 Å². The van der Waals surface area contributed by atoms with Gasteiger partial charge in [-0.3, -0.25) is 4.79 Å². The molecule has 1 aromatic carbocycles. The van der Waals surface area contributed by atoms with Gasteiger partial charge >= 0.3 is 0 Å². The highest BCUT2D eigenvalue weighted by molar-refractivity contribution is 5.92. The van der Waals surface area contributed by atoms with E-state index in [1.165, 1.54) is 0 Å². The fourth-order valence-corrected chi connectivity index (χ4v) is 2.35. The smallest absolute Gasteiger partial charge is 0.270 e. The summed E-state index contributed by atoms with van der Waals surface area (Å²) in [6.07, 6.45) is 2.38. The molecule has 6 heteroatoms. The molecule has 0 unspecified atom stereocenters. The number of hydrogen-bond acceptors (Lipinski definition) is 5. The van der Waals surface area contributed by atoms with Crippen LogP contribution in [0.3, 0.4) is 0 Å². The van der Waals surface area contributed by atoms with E-state index in [2.05, 4.69) is 21.4 Å². The third-order valence-electron chi connectivity index (χ3n) is 3.56. The molecule has 0 saturated heterocycles. The van der Waals surface area contributed by atoms with E-state index < -0.39 is 0 Å². The van der Waals surface area contributed by atoms with Gasteiger partial charge in [0.25, 0.3) is 5.91 Å². The van der Waals surface area contributed by atoms with Crippen LogP contribution in [0.4, 0.5) is 11.6 Å². The van der Waals surface area contributed by atoms with Crippen LogP contribution in [-0.4, -0.2) is 42.7 Å². The zero-order valence-electron chi connectivity index (χ0n) is 14.5. The van der Waals surface area contributed by atoms with E-state index in [-0.39, 0.29) is 5.91 Å². The molecule has 2 rings (SSSR count). The number of hydrogen-bond donors (Lipinski definition) is 1. The molecular formula is C18H24N4O2. The van der Waals surface area contributed by atoms with Crippen LogP contribution in [0.1, 0.15) is 29.4 Å². The lowest BCUT2D eigenvalue weighted by molar-refractivity contribution is 0.0943. The maximum absolute atomic E-state index is 12.2. The molecule has 1 N–H and O–H groups in total. The Morgan fingerprint density at radius 3 is 2.88 bits per heavy atom. The van der Waals surface area contributed by atoms with E-state index in [1.807, 2.05) is 36.9 Å². The molecule has 0 atom stereocenters. The standard InChI is InChI=1S/C18H24N4O2/c1-4-22(15-8-5-7-14(2)13-15)18-20-11-9-16(21-18)17(23)19-10-6-12-24-3/h5,7-9,11,13H,4,6,10,12H2,1-3H3,(H,19,23). The Morgan fingerprint density at radius 2 is 2.17 bits per heavy atom. The number of benzene rings is 1. The van der Waals surface area contributed by atoms with Crippen molar-refractivity contribution in [2.45, 2.75) is 20.3 Å². The van der Waals surface area contributed by atoms with E-state index in [9.17, 15) is 4.79 Å². The highest BCUT2D eigenvalue weighted by Gasteiger charge is 2.14. The highest BCUT2D eigenvalue weighted by atomic mass is 16.5. The Labute approximate surface area is 142 Å². The molecule has 1 aromatic heterocycles. The number of aromatic nitrogens is 2. The number of carbonyl (C=O) groups excluding carboxylic acids is 1. The van der Waals surface area contributed by atoms with Crippen molar-refractivity contribution in [2.24, 2.45) is 0 Å². The average Bonchev–Trinajstić information content (AvgIpc) is 2.60. The third kappa shape index (κ3) is 4.76. The largest absolute Gasteiger partial charge is 0.385 e. The summed E-state index contributed by atoms with van der Waals surface area (Å²) in [6.45, 7) is 5.96. The van der Waals surface area contributed by atoms with Crippen molar-refractivity contribution in [3.05, 3.63) is 47.8 Å². The minimum atomic E-state index is -0.199. The number of rotatable bonds is 8. The van der Waals surface area contributed by atoms with Crippen LogP contribution in [-0.2, 0) is 4.74 Å². The summed E-state index contributed by atoms with van der Waals surface area (Å²) in [6, 6.07) is 9.75. The first-order valence-electron chi connectivity index (χ1n) is 8.10. The van der Waals surface area contributed by atoms with Gasteiger partial charge in [0, 0.05) is 38.7 Å². The molecule has 1 amide bonds. The van der Waals surface area contributed by atoms with E-state index in [1.54, 1.807) is 19.4 Å². The maximum atomic E-state index is 12.2. The molecule has 0 spiro atoms. The second kappa shape index (κ2) is 8.98. The van der Waals surface area contributed by atoms with E-state index >= 15 is 0 Å². The molecule has 2 aromatic rings. The molecule has 0 fully saturated rings. The monoisotopic (exact) mass is 328 g/mol. The van der Waals surface area contributed by atoms with Crippen molar-refractivity contribution in [2.75, 3.05) is 31.7 Å². The minimum absolute atomic E-state index is 0.199. The van der Waals surface area contributed by atoms with Crippen LogP contribution >= 0.6 is 0 Å². The van der Waals surface area contributed by atoms with Crippen molar-refractivity contribution in [1.82, 2.24) is 15.3 Å². The summed E-state index contributed by atoms with van der Waals surface area (Å²) in [5.41, 5.74) is 2.54. The van der Waals surface area contributed by atoms with Crippen molar-refractivity contribution >= 4 is 17.5 Å². The molecule has 1 heterocycles. The Bertz CT molecular complexity index is 676. The molecule has 0 aliphatic rings. The van der Waals surface area contributed by atoms with Crippen LogP contribution in [0.5, 0.6) is 0 Å². The number of carbonyl (C=O) groups is 1. The molecule has 6 nitrogen and oxygen atoms in total. The topological polar surface area (TPSA) is 67.4 Å². The fraction of sp³-hybridized carbons (Fsp3) is 0.389. The zero-order chi connectivity index (χ0) is 17.4. The van der Waals surface area contributed by atoms with Gasteiger partial charge in [-0.2, -0.15) is 0 Å². The molecule has 0 radical (unpaired) electrons. The summed E-state index contributed by atoms with van der Waals surface area (Å²) >= 11 is 0. The van der Waals surface area contributed by atoms with Gasteiger partial charge in [-0.25, -0.2) is 9.97 Å². The van der Waals surface area contributed by atoms with Gasteiger partial charge in [-0.1, -0.05) is 12.1 Å². The lowest BCUT2D eigenvalue weighted by atomic mass is 10.2. The summed E-state index contributed by atoms with van der Waals surface area (Å²) in [5.74, 6) is 0.322. The lowest BCUT2D eigenvalue weighted by Gasteiger charge is -2.21. The third-order valence-corrected chi connectivity index (χ3v) is 3.56. The average molecular weight is 328 g/mol. The van der Waals surface area contributed by atoms with Gasteiger partial charge in [-0.05, 0) is 44.0 Å². The number of amides is 1. The van der Waals surface area contributed by atoms with Gasteiger partial charge in [0.05, 0.1) is 0 Å². The van der Waals surface area contributed by atoms with Crippen LogP contribution in [0.2, 0.25) is 0 Å². The number of aryl methyl sites for hydroxylation is 1. The molecule has 0 saturated carbocycles. The van der Waals surface area contributed by atoms with Crippen LogP contribution in [0, 0.1) is 6.92 Å². The van der Waals surface area contributed by atoms with E-state index in [4.69, 9.17) is 4.74 Å². The summed E-state index contributed by atoms with van der Waals surface area (Å²) in [5, 5.41) is 2.84. The number of methoxy groups -OCH3 is 1.